The number of ether oxygens (including phenoxy) is 6. The highest BCUT2D eigenvalue weighted by molar-refractivity contribution is 6.37. The highest BCUT2D eigenvalue weighted by atomic mass is 35.5. The number of halogens is 1. The van der Waals surface area contributed by atoms with Crippen LogP contribution in [0, 0.1) is 16.2 Å². The number of nitrogens with zero attached hydrogens (tertiary/aromatic N) is 16. The number of anilines is 3. The Morgan fingerprint density at radius 3 is 1.59 bits per heavy atom. The molecule has 6 bridgehead atoms. The highest BCUT2D eigenvalue weighted by Gasteiger charge is 2.59. The van der Waals surface area contributed by atoms with E-state index in [1.165, 1.54) is 5.56 Å². The Bertz CT molecular complexity index is 6120. The summed E-state index contributed by atoms with van der Waals surface area (Å²) in [6.07, 6.45) is 14.4. The van der Waals surface area contributed by atoms with Gasteiger partial charge in [-0.05, 0) is 168 Å². The number of morpholine rings is 3. The van der Waals surface area contributed by atoms with Crippen molar-refractivity contribution in [2.45, 2.75) is 112 Å². The molecule has 12 aromatic rings. The molecule has 9 aliphatic heterocycles. The molecule has 632 valence electrons. The van der Waals surface area contributed by atoms with Crippen LogP contribution in [-0.2, 0) is 14.2 Å². The summed E-state index contributed by atoms with van der Waals surface area (Å²) in [6.45, 7) is 18.0. The number of phenolic OH excluding ortho intramolecular Hbond substituents is 2. The average Bonchev–Trinajstić information content (AvgIpc) is 1.56. The minimum atomic E-state index is -0.349. The first-order valence-corrected chi connectivity index (χ1v) is 45.2. The quantitative estimate of drug-likeness (QED) is 0.0398. The van der Waals surface area contributed by atoms with Crippen molar-refractivity contribution in [3.05, 3.63) is 144 Å². The standard InChI is InChI=1S/C95H102ClN19O8/c96-79-19-17-69(70-9-4-10-71(82(70)79)84-98-43-76-86(104-84)106-91(108-88(76)114-46-60-13-14-61(47-114)100-60)121-53-93(21-22-93)50-110-23-29-118-30-24-110)78-41-95(78,52-112-27-33-120-34-28-112)55-123-92-105-85-72(87(107-92)113-44-58-11-12-59(45-113)99-58)18-20-80(102-85)75-39-65(117)38-74-67(75)7-3-8-68(74)77-40-94(77,51-111-25-31-119-32-26-111)54-122-90-103-81-36-57(73-37-64(116)35-56-5-1-2-6-66(56)73)42-97-83(81)89(109-90)115-48-62-15-16-63(49-115)101-62/h1-10,17-20,35-39,42-43,58-63,77-78,99-101,116-117H,11-16,21-34,40-41,44-55H2. The van der Waals surface area contributed by atoms with Crippen LogP contribution in [0.5, 0.6) is 29.5 Å². The first-order chi connectivity index (χ1) is 60.4. The summed E-state index contributed by atoms with van der Waals surface area (Å²) in [6, 6.07) is 42.0. The van der Waals surface area contributed by atoms with E-state index in [0.717, 1.165) is 269 Å². The molecule has 15 heterocycles. The number of aromatic nitrogens is 10. The minimum Gasteiger partial charge on any atom is -0.508 e. The first kappa shape index (κ1) is 76.5. The molecule has 9 saturated heterocycles. The van der Waals surface area contributed by atoms with Gasteiger partial charge in [0.05, 0.1) is 81.4 Å². The third-order valence-electron chi connectivity index (χ3n) is 29.2. The second-order valence-corrected chi connectivity index (χ2v) is 37.9. The summed E-state index contributed by atoms with van der Waals surface area (Å²) in [4.78, 5) is 67.5. The van der Waals surface area contributed by atoms with Gasteiger partial charge in [0.2, 0.25) is 0 Å². The van der Waals surface area contributed by atoms with Crippen LogP contribution in [0.15, 0.2) is 128 Å². The Hall–Kier alpha value is -10.2. The van der Waals surface area contributed by atoms with Crippen molar-refractivity contribution in [1.82, 2.24) is 80.5 Å². The number of benzene rings is 6. The molecule has 0 radical (unpaired) electrons. The van der Waals surface area contributed by atoms with Crippen molar-refractivity contribution in [3.8, 4) is 63.3 Å². The maximum Gasteiger partial charge on any atom is 0.320 e. The molecule has 24 rings (SSSR count). The molecule has 3 saturated carbocycles. The molecule has 6 aromatic heterocycles. The Morgan fingerprint density at radius 2 is 0.959 bits per heavy atom. The molecule has 27 nitrogen and oxygen atoms in total. The van der Waals surface area contributed by atoms with Gasteiger partial charge >= 0.3 is 18.0 Å². The maximum absolute atomic E-state index is 12.2. The zero-order valence-corrected chi connectivity index (χ0v) is 69.9. The number of hydrogen-bond donors (Lipinski definition) is 5. The van der Waals surface area contributed by atoms with Crippen LogP contribution in [0.1, 0.15) is 87.2 Å². The van der Waals surface area contributed by atoms with Gasteiger partial charge < -0.3 is 69.3 Å². The summed E-state index contributed by atoms with van der Waals surface area (Å²) in [5.74, 6) is 3.39. The van der Waals surface area contributed by atoms with Crippen LogP contribution in [0.3, 0.4) is 0 Å². The fraction of sp³-hybridized carbons (Fsp3) is 0.474. The number of hydrogen-bond acceptors (Lipinski definition) is 27. The van der Waals surface area contributed by atoms with E-state index in [9.17, 15) is 10.2 Å². The topological polar surface area (TPSA) is 280 Å². The van der Waals surface area contributed by atoms with Crippen molar-refractivity contribution in [1.29, 1.82) is 0 Å². The third-order valence-corrected chi connectivity index (χ3v) is 29.5. The van der Waals surface area contributed by atoms with Gasteiger partial charge in [0, 0.05) is 190 Å². The summed E-state index contributed by atoms with van der Waals surface area (Å²) in [7, 11) is 0. The molecule has 6 aromatic carbocycles. The van der Waals surface area contributed by atoms with E-state index < -0.39 is 0 Å². The summed E-state index contributed by atoms with van der Waals surface area (Å²) in [5, 5.41) is 42.7. The normalized spacial score (nSPS) is 26.9. The summed E-state index contributed by atoms with van der Waals surface area (Å²) in [5.41, 5.74) is 8.17. The van der Waals surface area contributed by atoms with E-state index in [1.54, 1.807) is 6.07 Å². The zero-order chi connectivity index (χ0) is 81.7. The van der Waals surface area contributed by atoms with Crippen LogP contribution >= 0.6 is 11.6 Å². The van der Waals surface area contributed by atoms with Crippen molar-refractivity contribution in [2.24, 2.45) is 16.2 Å². The van der Waals surface area contributed by atoms with Gasteiger partial charge in [0.1, 0.15) is 28.7 Å². The molecule has 3 aliphatic carbocycles. The van der Waals surface area contributed by atoms with Crippen LogP contribution < -0.4 is 44.9 Å². The SMILES string of the molecule is Oc1cc(-c2cnc3c(N4CC5CCC(C4)N5)nc(OCC4(CN5CCOCC5)CC4c4cccc5c(-c6ccc7c(N8CC9CCC(C8)N9)nc(OCC8(CN9CCOCC9)CC8c8ccc(Cl)c9c(-c%10ncc%11c(N%12CC%13CCC(C%12)N%13)nc(OCC%12(CN%13CCOCC%13)CC%12)nc%11n%10)cccc89)nc7n6)cc(O)cc45)nc3c2)c2ccccc2c1. The lowest BCUT2D eigenvalue weighted by Crippen LogP contribution is -2.51. The molecule has 12 fully saturated rings. The summed E-state index contributed by atoms with van der Waals surface area (Å²) < 4.78 is 38.7. The van der Waals surface area contributed by atoms with Gasteiger partial charge in [-0.3, -0.25) is 19.7 Å². The fourth-order valence-corrected chi connectivity index (χ4v) is 22.8. The highest BCUT2D eigenvalue weighted by Crippen LogP contribution is 2.63. The van der Waals surface area contributed by atoms with Gasteiger partial charge in [-0.2, -0.15) is 29.9 Å². The van der Waals surface area contributed by atoms with Gasteiger partial charge in [-0.1, -0.05) is 78.3 Å². The maximum atomic E-state index is 12.2. The Kier molecular flexibility index (Phi) is 19.2. The minimum absolute atomic E-state index is 0.0520. The molecule has 12 aliphatic rings. The van der Waals surface area contributed by atoms with Crippen LogP contribution in [0.4, 0.5) is 17.5 Å². The molecule has 0 amide bonds. The van der Waals surface area contributed by atoms with Crippen molar-refractivity contribution in [3.63, 3.8) is 0 Å². The van der Waals surface area contributed by atoms with E-state index in [0.29, 0.717) is 128 Å². The Morgan fingerprint density at radius 1 is 0.431 bits per heavy atom. The number of nitrogens with one attached hydrogen (secondary N) is 3. The molecule has 5 N–H and O–H groups in total. The molecular formula is C95H102ClN19O8. The predicted octanol–water partition coefficient (Wildman–Crippen LogP) is 11.7. The lowest BCUT2D eigenvalue weighted by molar-refractivity contribution is 0.0223. The van der Waals surface area contributed by atoms with Gasteiger partial charge in [-0.25, -0.2) is 15.0 Å². The number of aromatic hydroxyl groups is 2. The van der Waals surface area contributed by atoms with Crippen molar-refractivity contribution in [2.75, 3.05) is 172 Å². The summed E-state index contributed by atoms with van der Waals surface area (Å²) >= 11 is 7.50. The average molecular weight is 1670 g/mol. The first-order valence-electron chi connectivity index (χ1n) is 44.8. The van der Waals surface area contributed by atoms with Crippen LogP contribution in [-0.4, -0.2) is 269 Å². The Labute approximate surface area is 717 Å². The molecule has 0 spiro atoms. The van der Waals surface area contributed by atoms with Gasteiger partial charge in [0.25, 0.3) is 0 Å². The van der Waals surface area contributed by atoms with Gasteiger partial charge in [0.15, 0.2) is 22.9 Å². The molecular weight excluding hydrogens is 1570 g/mol. The third kappa shape index (κ3) is 14.6. The fourth-order valence-electron chi connectivity index (χ4n) is 22.5. The van der Waals surface area contributed by atoms with E-state index in [-0.39, 0.29) is 45.6 Å². The lowest BCUT2D eigenvalue weighted by atomic mass is 9.92. The molecule has 123 heavy (non-hydrogen) atoms. The number of phenols is 2. The molecule has 28 heteroatoms. The molecule has 10 unspecified atom stereocenters. The van der Waals surface area contributed by atoms with Crippen LogP contribution in [0.25, 0.3) is 99.2 Å². The van der Waals surface area contributed by atoms with Crippen molar-refractivity contribution >= 4 is 94.5 Å². The number of fused-ring (bicyclic) bond motifs is 12. The van der Waals surface area contributed by atoms with E-state index in [1.807, 2.05) is 54.9 Å². The van der Waals surface area contributed by atoms with E-state index >= 15 is 0 Å². The van der Waals surface area contributed by atoms with E-state index in [2.05, 4.69) is 112 Å². The lowest BCUT2D eigenvalue weighted by Gasteiger charge is -2.34. The predicted molar refractivity (Wildman–Crippen MR) is 473 cm³/mol. The largest absolute Gasteiger partial charge is 0.508 e. The van der Waals surface area contributed by atoms with Crippen molar-refractivity contribution < 1.29 is 38.6 Å². The zero-order valence-electron chi connectivity index (χ0n) is 69.2. The smallest absolute Gasteiger partial charge is 0.320 e. The number of piperazine rings is 3. The molecule has 10 atom stereocenters. The Balaban J connectivity index is 0.546. The second kappa shape index (κ2) is 30.9. The van der Waals surface area contributed by atoms with Crippen LogP contribution in [0.2, 0.25) is 5.02 Å². The number of pyridine rings is 2. The van der Waals surface area contributed by atoms with E-state index in [4.69, 9.17) is 89.9 Å². The van der Waals surface area contributed by atoms with Gasteiger partial charge in [-0.15, -0.1) is 0 Å². The number of rotatable bonds is 23. The monoisotopic (exact) mass is 1670 g/mol. The second-order valence-electron chi connectivity index (χ2n) is 37.5.